The van der Waals surface area contributed by atoms with Crippen LogP contribution in [0.4, 0.5) is 26.1 Å². The second-order valence-corrected chi connectivity index (χ2v) is 5.00. The molecule has 0 spiro atoms. The first-order chi connectivity index (χ1) is 9.60. The largest absolute Gasteiger partial charge is 0.370 e. The molecular formula is C13H13BrF2N4. The maximum atomic E-state index is 13.7. The molecule has 0 bridgehead atoms. The van der Waals surface area contributed by atoms with Gasteiger partial charge < -0.3 is 10.6 Å². The van der Waals surface area contributed by atoms with Crippen molar-refractivity contribution in [2.45, 2.75) is 13.3 Å². The van der Waals surface area contributed by atoms with Crippen molar-refractivity contribution in [3.05, 3.63) is 40.6 Å². The van der Waals surface area contributed by atoms with Gasteiger partial charge in [0, 0.05) is 17.1 Å². The van der Waals surface area contributed by atoms with Crippen molar-refractivity contribution >= 4 is 33.3 Å². The molecule has 0 amide bonds. The van der Waals surface area contributed by atoms with Crippen molar-refractivity contribution in [1.29, 1.82) is 0 Å². The van der Waals surface area contributed by atoms with Crippen LogP contribution >= 0.6 is 15.9 Å². The maximum Gasteiger partial charge on any atom is 0.150 e. The SMILES string of the molecule is CCCNc1cc(Nc2c(F)cc(Br)cc2F)ncn1. The third-order valence-corrected chi connectivity index (χ3v) is 2.94. The van der Waals surface area contributed by atoms with E-state index in [0.717, 1.165) is 13.0 Å². The summed E-state index contributed by atoms with van der Waals surface area (Å²) in [5.74, 6) is -0.474. The monoisotopic (exact) mass is 342 g/mol. The van der Waals surface area contributed by atoms with E-state index < -0.39 is 11.6 Å². The number of aromatic nitrogens is 2. The van der Waals surface area contributed by atoms with E-state index in [1.165, 1.54) is 18.5 Å². The van der Waals surface area contributed by atoms with E-state index in [1.807, 2.05) is 6.92 Å². The van der Waals surface area contributed by atoms with Gasteiger partial charge in [-0.2, -0.15) is 0 Å². The van der Waals surface area contributed by atoms with E-state index in [2.05, 4.69) is 36.5 Å². The zero-order valence-corrected chi connectivity index (χ0v) is 12.3. The van der Waals surface area contributed by atoms with Crippen LogP contribution in [0.15, 0.2) is 29.0 Å². The lowest BCUT2D eigenvalue weighted by atomic mass is 10.3. The van der Waals surface area contributed by atoms with Gasteiger partial charge in [-0.15, -0.1) is 0 Å². The van der Waals surface area contributed by atoms with E-state index in [4.69, 9.17) is 0 Å². The van der Waals surface area contributed by atoms with Gasteiger partial charge in [-0.05, 0) is 18.6 Å². The summed E-state index contributed by atoms with van der Waals surface area (Å²) in [7, 11) is 0. The van der Waals surface area contributed by atoms with Crippen LogP contribution in [0.25, 0.3) is 0 Å². The zero-order chi connectivity index (χ0) is 14.5. The number of halogens is 3. The lowest BCUT2D eigenvalue weighted by molar-refractivity contribution is 0.589. The Bertz CT molecular complexity index is 584. The standard InChI is InChI=1S/C13H13BrF2N4/c1-2-3-17-11-6-12(19-7-18-11)20-13-9(15)4-8(14)5-10(13)16/h4-7H,2-3H2,1H3,(H2,17,18,19,20). The first-order valence-electron chi connectivity index (χ1n) is 6.07. The average molecular weight is 343 g/mol. The van der Waals surface area contributed by atoms with Gasteiger partial charge >= 0.3 is 0 Å². The molecule has 0 unspecified atom stereocenters. The molecular weight excluding hydrogens is 330 g/mol. The first-order valence-corrected chi connectivity index (χ1v) is 6.87. The highest BCUT2D eigenvalue weighted by Gasteiger charge is 2.11. The minimum atomic E-state index is -0.696. The molecule has 1 heterocycles. The fraction of sp³-hybridized carbons (Fsp3) is 0.231. The first kappa shape index (κ1) is 14.6. The molecule has 0 atom stereocenters. The highest BCUT2D eigenvalue weighted by Crippen LogP contribution is 2.26. The topological polar surface area (TPSA) is 49.8 Å². The van der Waals surface area contributed by atoms with Crippen molar-refractivity contribution in [2.75, 3.05) is 17.2 Å². The van der Waals surface area contributed by atoms with Crippen molar-refractivity contribution in [1.82, 2.24) is 9.97 Å². The quantitative estimate of drug-likeness (QED) is 0.859. The summed E-state index contributed by atoms with van der Waals surface area (Å²) < 4.78 is 27.8. The molecule has 0 aliphatic rings. The third kappa shape index (κ3) is 3.63. The molecule has 0 aliphatic carbocycles. The van der Waals surface area contributed by atoms with Crippen LogP contribution in [0.2, 0.25) is 0 Å². The van der Waals surface area contributed by atoms with Gasteiger partial charge in [-0.25, -0.2) is 18.7 Å². The van der Waals surface area contributed by atoms with Crippen LogP contribution in [-0.4, -0.2) is 16.5 Å². The van der Waals surface area contributed by atoms with Gasteiger partial charge in [-0.3, -0.25) is 0 Å². The second kappa shape index (κ2) is 6.60. The van der Waals surface area contributed by atoms with Gasteiger partial charge in [-0.1, -0.05) is 22.9 Å². The molecule has 0 saturated carbocycles. The third-order valence-electron chi connectivity index (χ3n) is 2.48. The predicted octanol–water partition coefficient (Wildman–Crippen LogP) is 4.08. The molecule has 4 nitrogen and oxygen atoms in total. The van der Waals surface area contributed by atoms with Gasteiger partial charge in [0.05, 0.1) is 0 Å². The lowest BCUT2D eigenvalue weighted by Gasteiger charge is -2.10. The van der Waals surface area contributed by atoms with E-state index in [0.29, 0.717) is 16.1 Å². The van der Waals surface area contributed by atoms with Crippen molar-refractivity contribution < 1.29 is 8.78 Å². The molecule has 1 aromatic heterocycles. The van der Waals surface area contributed by atoms with Crippen molar-refractivity contribution in [2.24, 2.45) is 0 Å². The Hall–Kier alpha value is -1.76. The van der Waals surface area contributed by atoms with Gasteiger partial charge in [0.2, 0.25) is 0 Å². The number of anilines is 3. The number of nitrogens with zero attached hydrogens (tertiary/aromatic N) is 2. The minimum Gasteiger partial charge on any atom is -0.370 e. The zero-order valence-electron chi connectivity index (χ0n) is 10.8. The summed E-state index contributed by atoms with van der Waals surface area (Å²) in [6.45, 7) is 2.79. The van der Waals surface area contributed by atoms with Crippen molar-refractivity contribution in [3.63, 3.8) is 0 Å². The molecule has 106 valence electrons. The Morgan fingerprint density at radius 2 is 1.75 bits per heavy atom. The summed E-state index contributed by atoms with van der Waals surface area (Å²) >= 11 is 3.03. The van der Waals surface area contributed by atoms with E-state index in [1.54, 1.807) is 6.07 Å². The summed E-state index contributed by atoms with van der Waals surface area (Å²) in [6, 6.07) is 3.96. The molecule has 20 heavy (non-hydrogen) atoms. The van der Waals surface area contributed by atoms with Gasteiger partial charge in [0.1, 0.15) is 23.7 Å². The van der Waals surface area contributed by atoms with E-state index >= 15 is 0 Å². The van der Waals surface area contributed by atoms with Crippen LogP contribution in [0.1, 0.15) is 13.3 Å². The fourth-order valence-corrected chi connectivity index (χ4v) is 1.97. The normalized spacial score (nSPS) is 10.4. The second-order valence-electron chi connectivity index (χ2n) is 4.08. The number of hydrogen-bond donors (Lipinski definition) is 2. The maximum absolute atomic E-state index is 13.7. The average Bonchev–Trinajstić information content (AvgIpc) is 2.41. The summed E-state index contributed by atoms with van der Waals surface area (Å²) in [6.07, 6.45) is 2.28. The number of hydrogen-bond acceptors (Lipinski definition) is 4. The van der Waals surface area contributed by atoms with Crippen LogP contribution in [0.3, 0.4) is 0 Å². The molecule has 2 rings (SSSR count). The Morgan fingerprint density at radius 1 is 1.10 bits per heavy atom. The minimum absolute atomic E-state index is 0.242. The van der Waals surface area contributed by atoms with E-state index in [9.17, 15) is 8.78 Å². The van der Waals surface area contributed by atoms with Crippen LogP contribution < -0.4 is 10.6 Å². The Balaban J connectivity index is 2.22. The lowest BCUT2D eigenvalue weighted by Crippen LogP contribution is -2.04. The van der Waals surface area contributed by atoms with Crippen LogP contribution in [-0.2, 0) is 0 Å². The highest BCUT2D eigenvalue weighted by molar-refractivity contribution is 9.10. The Labute approximate surface area is 123 Å². The Morgan fingerprint density at radius 3 is 2.40 bits per heavy atom. The van der Waals surface area contributed by atoms with Crippen LogP contribution in [0.5, 0.6) is 0 Å². The summed E-state index contributed by atoms with van der Waals surface area (Å²) in [5.41, 5.74) is -0.242. The van der Waals surface area contributed by atoms with Crippen LogP contribution in [0, 0.1) is 11.6 Å². The molecule has 0 aliphatic heterocycles. The van der Waals surface area contributed by atoms with Crippen molar-refractivity contribution in [3.8, 4) is 0 Å². The summed E-state index contributed by atoms with van der Waals surface area (Å²) in [4.78, 5) is 7.96. The van der Waals surface area contributed by atoms with Gasteiger partial charge in [0.25, 0.3) is 0 Å². The fourth-order valence-electron chi connectivity index (χ4n) is 1.57. The number of rotatable bonds is 5. The molecule has 1 aromatic carbocycles. The number of nitrogens with one attached hydrogen (secondary N) is 2. The molecule has 7 heteroatoms. The van der Waals surface area contributed by atoms with E-state index in [-0.39, 0.29) is 5.69 Å². The highest BCUT2D eigenvalue weighted by atomic mass is 79.9. The smallest absolute Gasteiger partial charge is 0.150 e. The van der Waals surface area contributed by atoms with Gasteiger partial charge in [0.15, 0.2) is 11.6 Å². The molecule has 0 saturated heterocycles. The Kier molecular flexibility index (Phi) is 4.84. The molecule has 2 N–H and O–H groups in total. The number of benzene rings is 1. The summed E-state index contributed by atoms with van der Waals surface area (Å²) in [5, 5.41) is 5.70. The molecule has 0 radical (unpaired) electrons. The molecule has 2 aromatic rings. The predicted molar refractivity (Wildman–Crippen MR) is 78.2 cm³/mol. The molecule has 0 fully saturated rings.